The number of aliphatic hydroxyl groups is 2. The summed E-state index contributed by atoms with van der Waals surface area (Å²) in [5.74, 6) is -2.72. The Morgan fingerprint density at radius 2 is 1.79 bits per heavy atom. The maximum atomic E-state index is 13.7. The van der Waals surface area contributed by atoms with Gasteiger partial charge in [-0.1, -0.05) is 27.4 Å². The molecule has 278 valence electrons. The van der Waals surface area contributed by atoms with E-state index < -0.39 is 71.8 Å². The number of rotatable bonds is 5. The normalized spacial score (nSPS) is 44.6. The molecule has 0 amide bonds. The standard InChI is InChI=1S/C36H64N2O10/c1-14-28-36(10,42)32-25(7)38(13)17-20(2)16-35(9,44-19-21(3)18-43-32)31(23(5)29(40)24(6)33(41)47-28)48-34-30(46-26(8)39)27(37(11)12)15-22(4)45-34/h20,22-25,27-32,34,40,42H,3,14-19H2,1-2,4-13H3/t20-,22-,23+,24-,25-,27+,28-,29+,30-,31-,32+,34+,35-,36-/m1/s1. The number of aliphatic hydroxyl groups excluding tert-OH is 1. The van der Waals surface area contributed by atoms with E-state index in [4.69, 9.17) is 28.4 Å². The minimum Gasteiger partial charge on any atom is -0.459 e. The van der Waals surface area contributed by atoms with Crippen LogP contribution < -0.4 is 0 Å². The van der Waals surface area contributed by atoms with Crippen LogP contribution in [0.2, 0.25) is 0 Å². The smallest absolute Gasteiger partial charge is 0.311 e. The second-order valence-corrected chi connectivity index (χ2v) is 15.5. The van der Waals surface area contributed by atoms with E-state index in [0.29, 0.717) is 31.4 Å². The molecular formula is C36H64N2O10. The van der Waals surface area contributed by atoms with Gasteiger partial charge in [0.1, 0.15) is 17.8 Å². The number of hydrogen-bond acceptors (Lipinski definition) is 12. The van der Waals surface area contributed by atoms with Crippen molar-refractivity contribution >= 4 is 11.9 Å². The predicted octanol–water partition coefficient (Wildman–Crippen LogP) is 3.16. The van der Waals surface area contributed by atoms with Crippen LogP contribution in [0.25, 0.3) is 0 Å². The van der Waals surface area contributed by atoms with Crippen LogP contribution in [0.15, 0.2) is 12.2 Å². The molecule has 4 rings (SSSR count). The second kappa shape index (κ2) is 16.6. The van der Waals surface area contributed by atoms with Gasteiger partial charge in [0.25, 0.3) is 0 Å². The summed E-state index contributed by atoms with van der Waals surface area (Å²) in [6.45, 7) is 21.4. The van der Waals surface area contributed by atoms with E-state index in [1.54, 1.807) is 13.8 Å². The Balaban J connectivity index is 2.22. The van der Waals surface area contributed by atoms with Crippen LogP contribution in [-0.2, 0) is 38.0 Å². The summed E-state index contributed by atoms with van der Waals surface area (Å²) in [4.78, 5) is 30.2. The molecule has 4 saturated heterocycles. The molecular weight excluding hydrogens is 620 g/mol. The molecule has 12 nitrogen and oxygen atoms in total. The van der Waals surface area contributed by atoms with Crippen molar-refractivity contribution in [3.05, 3.63) is 12.2 Å². The molecule has 0 aromatic rings. The lowest BCUT2D eigenvalue weighted by Gasteiger charge is -2.49. The highest BCUT2D eigenvalue weighted by molar-refractivity contribution is 5.73. The molecule has 0 saturated carbocycles. The van der Waals surface area contributed by atoms with Gasteiger partial charge < -0.3 is 48.4 Å². The predicted molar refractivity (Wildman–Crippen MR) is 181 cm³/mol. The lowest BCUT2D eigenvalue weighted by molar-refractivity contribution is -0.305. The molecule has 4 aliphatic rings. The molecule has 4 fully saturated rings. The number of likely N-dealkylation sites (N-methyl/N-ethyl adjacent to an activating group) is 2. The highest BCUT2D eigenvalue weighted by Gasteiger charge is 2.52. The van der Waals surface area contributed by atoms with Gasteiger partial charge in [0.15, 0.2) is 12.4 Å². The van der Waals surface area contributed by atoms with Crippen LogP contribution in [-0.4, -0.2) is 139 Å². The van der Waals surface area contributed by atoms with Crippen molar-refractivity contribution in [2.24, 2.45) is 17.8 Å². The number of esters is 2. The van der Waals surface area contributed by atoms with Crippen molar-refractivity contribution in [1.82, 2.24) is 9.80 Å². The van der Waals surface area contributed by atoms with Crippen LogP contribution in [0.5, 0.6) is 0 Å². The Morgan fingerprint density at radius 1 is 1.15 bits per heavy atom. The molecule has 14 atom stereocenters. The topological polar surface area (TPSA) is 136 Å². The van der Waals surface area contributed by atoms with Gasteiger partial charge in [-0.15, -0.1) is 0 Å². The van der Waals surface area contributed by atoms with Gasteiger partial charge in [-0.25, -0.2) is 0 Å². The summed E-state index contributed by atoms with van der Waals surface area (Å²) in [5, 5.41) is 24.0. The van der Waals surface area contributed by atoms with E-state index >= 15 is 0 Å². The third-order valence-corrected chi connectivity index (χ3v) is 10.8. The number of carbonyl (C=O) groups excluding carboxylic acids is 2. The maximum Gasteiger partial charge on any atom is 0.311 e. The number of hydrogen-bond donors (Lipinski definition) is 2. The molecule has 0 aliphatic carbocycles. The number of fused-ring (bicyclic) bond motifs is 15. The fourth-order valence-electron chi connectivity index (χ4n) is 7.96. The minimum absolute atomic E-state index is 0.0450. The molecule has 0 radical (unpaired) electrons. The van der Waals surface area contributed by atoms with Gasteiger partial charge in [-0.3, -0.25) is 9.59 Å². The fourth-order valence-corrected chi connectivity index (χ4v) is 7.96. The van der Waals surface area contributed by atoms with Gasteiger partial charge in [-0.2, -0.15) is 0 Å². The zero-order chi connectivity index (χ0) is 36.3. The summed E-state index contributed by atoms with van der Waals surface area (Å²) in [6.07, 6.45) is -4.21. The molecule has 0 aromatic carbocycles. The number of carbonyl (C=O) groups is 2. The molecule has 12 heteroatoms. The van der Waals surface area contributed by atoms with Gasteiger partial charge in [0, 0.05) is 25.4 Å². The third kappa shape index (κ3) is 9.37. The van der Waals surface area contributed by atoms with Crippen molar-refractivity contribution < 1.29 is 48.2 Å². The Labute approximate surface area is 288 Å². The van der Waals surface area contributed by atoms with Crippen LogP contribution in [0, 0.1) is 17.8 Å². The van der Waals surface area contributed by atoms with Crippen LogP contribution >= 0.6 is 0 Å². The number of nitrogens with zero attached hydrogens (tertiary/aromatic N) is 2. The number of ether oxygens (including phenoxy) is 6. The van der Waals surface area contributed by atoms with Crippen molar-refractivity contribution in [3.8, 4) is 0 Å². The molecule has 0 spiro atoms. The van der Waals surface area contributed by atoms with E-state index in [1.807, 2.05) is 60.7 Å². The molecule has 2 N–H and O–H groups in total. The van der Waals surface area contributed by atoms with Gasteiger partial charge in [-0.05, 0) is 86.5 Å². The first-order valence-electron chi connectivity index (χ1n) is 17.6. The monoisotopic (exact) mass is 684 g/mol. The molecule has 0 unspecified atom stereocenters. The highest BCUT2D eigenvalue weighted by atomic mass is 16.7. The molecule has 0 aromatic heterocycles. The first-order valence-corrected chi connectivity index (χ1v) is 17.6. The van der Waals surface area contributed by atoms with Crippen molar-refractivity contribution in [3.63, 3.8) is 0 Å². The van der Waals surface area contributed by atoms with E-state index in [1.165, 1.54) is 6.92 Å². The quantitative estimate of drug-likeness (QED) is 0.325. The first-order chi connectivity index (χ1) is 22.2. The van der Waals surface area contributed by atoms with Crippen LogP contribution in [0.1, 0.15) is 81.6 Å². The highest BCUT2D eigenvalue weighted by Crippen LogP contribution is 2.40. The average Bonchev–Trinajstić information content (AvgIpc) is 2.99. The van der Waals surface area contributed by atoms with Gasteiger partial charge in [0.05, 0.1) is 49.1 Å². The zero-order valence-electron chi connectivity index (χ0n) is 31.4. The van der Waals surface area contributed by atoms with Gasteiger partial charge >= 0.3 is 11.9 Å². The largest absolute Gasteiger partial charge is 0.459 e. The molecule has 4 heterocycles. The van der Waals surface area contributed by atoms with Crippen LogP contribution in [0.3, 0.4) is 0 Å². The maximum absolute atomic E-state index is 13.7. The Hall–Kier alpha value is -1.64. The molecule has 2 bridgehead atoms. The van der Waals surface area contributed by atoms with E-state index in [2.05, 4.69) is 18.4 Å². The summed E-state index contributed by atoms with van der Waals surface area (Å²) in [5.41, 5.74) is -1.95. The Morgan fingerprint density at radius 3 is 2.38 bits per heavy atom. The summed E-state index contributed by atoms with van der Waals surface area (Å²) in [6, 6.07) is -0.458. The first kappa shape index (κ1) is 40.8. The summed E-state index contributed by atoms with van der Waals surface area (Å²) in [7, 11) is 5.84. The van der Waals surface area contributed by atoms with E-state index in [0.717, 1.165) is 0 Å². The lowest BCUT2D eigenvalue weighted by atomic mass is 9.77. The van der Waals surface area contributed by atoms with E-state index in [9.17, 15) is 19.8 Å². The zero-order valence-corrected chi connectivity index (χ0v) is 31.4. The lowest BCUT2D eigenvalue weighted by Crippen LogP contribution is -2.61. The second-order valence-electron chi connectivity index (χ2n) is 15.5. The van der Waals surface area contributed by atoms with E-state index in [-0.39, 0.29) is 37.3 Å². The third-order valence-electron chi connectivity index (χ3n) is 10.8. The Bertz CT molecular complexity index is 1100. The van der Waals surface area contributed by atoms with Crippen molar-refractivity contribution in [2.75, 3.05) is 40.9 Å². The summed E-state index contributed by atoms with van der Waals surface area (Å²) < 4.78 is 38.4. The van der Waals surface area contributed by atoms with Crippen LogP contribution in [0.4, 0.5) is 0 Å². The van der Waals surface area contributed by atoms with Crippen molar-refractivity contribution in [2.45, 2.75) is 148 Å². The SMILES string of the molecule is C=C1CO[C@H]2[C@@H](C)N(C)C[C@H](C)C[C@@](C)(OC1)[C@H](O[C@@H]1O[C@H](C)C[C@H](N(C)C)[C@H]1OC(C)=O)[C@@H](C)[C@H](O)[C@@H](C)C(=O)O[C@H](CC)[C@@]2(C)O. The molecule has 48 heavy (non-hydrogen) atoms. The van der Waals surface area contributed by atoms with Gasteiger partial charge in [0.2, 0.25) is 0 Å². The Kier molecular flexibility index (Phi) is 14.1. The van der Waals surface area contributed by atoms with Crippen molar-refractivity contribution in [1.29, 1.82) is 0 Å². The average molecular weight is 685 g/mol. The minimum atomic E-state index is -1.56. The molecule has 4 aliphatic heterocycles. The fraction of sp³-hybridized carbons (Fsp3) is 0.889. The summed E-state index contributed by atoms with van der Waals surface area (Å²) >= 11 is 0.